The highest BCUT2D eigenvalue weighted by atomic mass is 16.7. The number of likely N-dealkylation sites (tertiary alicyclic amines) is 1. The summed E-state index contributed by atoms with van der Waals surface area (Å²) in [5, 5.41) is 4.42. The smallest absolute Gasteiger partial charge is 0.321 e. The van der Waals surface area contributed by atoms with Gasteiger partial charge in [-0.25, -0.2) is 9.86 Å². The minimum atomic E-state index is -0.167. The van der Waals surface area contributed by atoms with Crippen molar-refractivity contribution in [1.29, 1.82) is 0 Å². The maximum absolute atomic E-state index is 12.6. The zero-order valence-corrected chi connectivity index (χ0v) is 14.2. The number of nitrogens with zero attached hydrogens (tertiary/aromatic N) is 2. The van der Waals surface area contributed by atoms with Crippen molar-refractivity contribution in [3.63, 3.8) is 0 Å². The lowest BCUT2D eigenvalue weighted by Crippen LogP contribution is -2.48. The molecular weight excluding hydrogens is 306 g/mol. The number of hydroxylamine groups is 2. The molecule has 24 heavy (non-hydrogen) atoms. The molecule has 6 heteroatoms. The van der Waals surface area contributed by atoms with Crippen molar-refractivity contribution in [3.05, 3.63) is 29.8 Å². The van der Waals surface area contributed by atoms with Gasteiger partial charge in [-0.1, -0.05) is 12.1 Å². The SMILES string of the molecule is Cc1cccc(NC(=O)N2CCCC(C(=O)N3CCCCO3)C2)c1. The van der Waals surface area contributed by atoms with Crippen molar-refractivity contribution in [2.75, 3.05) is 31.6 Å². The minimum Gasteiger partial charge on any atom is -0.324 e. The van der Waals surface area contributed by atoms with E-state index in [1.54, 1.807) is 4.90 Å². The Morgan fingerprint density at radius 3 is 2.83 bits per heavy atom. The van der Waals surface area contributed by atoms with Crippen LogP contribution >= 0.6 is 0 Å². The number of nitrogens with one attached hydrogen (secondary N) is 1. The largest absolute Gasteiger partial charge is 0.324 e. The summed E-state index contributed by atoms with van der Waals surface area (Å²) in [6, 6.07) is 7.58. The second-order valence-electron chi connectivity index (χ2n) is 6.57. The van der Waals surface area contributed by atoms with Crippen LogP contribution in [0.2, 0.25) is 0 Å². The molecule has 2 aliphatic heterocycles. The third-order valence-electron chi connectivity index (χ3n) is 4.58. The molecule has 6 nitrogen and oxygen atoms in total. The zero-order chi connectivity index (χ0) is 16.9. The lowest BCUT2D eigenvalue weighted by atomic mass is 9.97. The maximum atomic E-state index is 12.6. The number of hydrogen-bond donors (Lipinski definition) is 1. The monoisotopic (exact) mass is 331 g/mol. The van der Waals surface area contributed by atoms with Gasteiger partial charge in [-0.2, -0.15) is 0 Å². The molecule has 3 rings (SSSR count). The van der Waals surface area contributed by atoms with E-state index in [1.165, 1.54) is 5.06 Å². The van der Waals surface area contributed by atoms with E-state index in [4.69, 9.17) is 4.84 Å². The van der Waals surface area contributed by atoms with Gasteiger partial charge < -0.3 is 10.2 Å². The van der Waals surface area contributed by atoms with Gasteiger partial charge in [-0.3, -0.25) is 9.63 Å². The molecule has 0 bridgehead atoms. The first-order valence-corrected chi connectivity index (χ1v) is 8.70. The number of rotatable bonds is 2. The Bertz CT molecular complexity index is 599. The van der Waals surface area contributed by atoms with Crippen LogP contribution in [0.4, 0.5) is 10.5 Å². The summed E-state index contributed by atoms with van der Waals surface area (Å²) in [4.78, 5) is 32.2. The number of benzene rings is 1. The number of urea groups is 1. The lowest BCUT2D eigenvalue weighted by molar-refractivity contribution is -0.202. The Morgan fingerprint density at radius 1 is 1.21 bits per heavy atom. The summed E-state index contributed by atoms with van der Waals surface area (Å²) in [5.41, 5.74) is 1.88. The van der Waals surface area contributed by atoms with Crippen LogP contribution < -0.4 is 5.32 Å². The molecule has 0 aliphatic carbocycles. The first-order chi connectivity index (χ1) is 11.6. The van der Waals surface area contributed by atoms with Crippen LogP contribution in [-0.4, -0.2) is 48.1 Å². The van der Waals surface area contributed by atoms with E-state index >= 15 is 0 Å². The molecule has 130 valence electrons. The molecule has 1 aromatic carbocycles. The number of carbonyl (C=O) groups excluding carboxylic acids is 2. The Balaban J connectivity index is 1.58. The topological polar surface area (TPSA) is 61.9 Å². The number of aryl methyl sites for hydroxylation is 1. The lowest BCUT2D eigenvalue weighted by Gasteiger charge is -2.35. The van der Waals surface area contributed by atoms with E-state index in [2.05, 4.69) is 5.32 Å². The summed E-state index contributed by atoms with van der Waals surface area (Å²) in [7, 11) is 0. The van der Waals surface area contributed by atoms with E-state index in [0.29, 0.717) is 26.2 Å². The molecule has 2 aliphatic rings. The van der Waals surface area contributed by atoms with Gasteiger partial charge in [0.1, 0.15) is 0 Å². The third-order valence-corrected chi connectivity index (χ3v) is 4.58. The second-order valence-corrected chi connectivity index (χ2v) is 6.57. The van der Waals surface area contributed by atoms with Crippen molar-refractivity contribution in [2.45, 2.75) is 32.6 Å². The van der Waals surface area contributed by atoms with Crippen molar-refractivity contribution < 1.29 is 14.4 Å². The normalized spacial score (nSPS) is 21.5. The molecule has 2 saturated heterocycles. The number of piperidine rings is 1. The summed E-state index contributed by atoms with van der Waals surface area (Å²) in [6.07, 6.45) is 3.63. The second kappa shape index (κ2) is 7.66. The minimum absolute atomic E-state index is 0.0164. The van der Waals surface area contributed by atoms with Crippen LogP contribution in [0.5, 0.6) is 0 Å². The van der Waals surface area contributed by atoms with Crippen LogP contribution in [-0.2, 0) is 9.63 Å². The first-order valence-electron chi connectivity index (χ1n) is 8.70. The highest BCUT2D eigenvalue weighted by Crippen LogP contribution is 2.21. The van der Waals surface area contributed by atoms with E-state index in [-0.39, 0.29) is 17.9 Å². The van der Waals surface area contributed by atoms with Crippen LogP contribution in [0.3, 0.4) is 0 Å². The van der Waals surface area contributed by atoms with Gasteiger partial charge in [0.25, 0.3) is 5.91 Å². The summed E-state index contributed by atoms with van der Waals surface area (Å²) in [5.74, 6) is -0.150. The molecule has 0 aromatic heterocycles. The Labute approximate surface area is 142 Å². The molecule has 3 amide bonds. The molecule has 1 unspecified atom stereocenters. The Morgan fingerprint density at radius 2 is 2.08 bits per heavy atom. The highest BCUT2D eigenvalue weighted by molar-refractivity contribution is 5.90. The number of hydrogen-bond acceptors (Lipinski definition) is 3. The predicted octanol–water partition coefficient (Wildman–Crippen LogP) is 2.79. The Hall–Kier alpha value is -2.08. The molecule has 1 N–H and O–H groups in total. The number of amides is 3. The molecule has 0 saturated carbocycles. The van der Waals surface area contributed by atoms with Gasteiger partial charge in [0.05, 0.1) is 12.5 Å². The van der Waals surface area contributed by atoms with Crippen molar-refractivity contribution in [2.24, 2.45) is 5.92 Å². The average molecular weight is 331 g/mol. The molecule has 1 atom stereocenters. The van der Waals surface area contributed by atoms with Crippen molar-refractivity contribution in [3.8, 4) is 0 Å². The molecular formula is C18H25N3O3. The third kappa shape index (κ3) is 4.06. The van der Waals surface area contributed by atoms with Gasteiger partial charge in [-0.15, -0.1) is 0 Å². The fraction of sp³-hybridized carbons (Fsp3) is 0.556. The standard InChI is InChI=1S/C18H25N3O3/c1-14-6-4-8-16(12-14)19-18(23)20-9-5-7-15(13-20)17(22)21-10-2-3-11-24-21/h4,6,8,12,15H,2-3,5,7,9-11,13H2,1H3,(H,19,23). The van der Waals surface area contributed by atoms with Crippen LogP contribution in [0.1, 0.15) is 31.2 Å². The zero-order valence-electron chi connectivity index (χ0n) is 14.2. The van der Waals surface area contributed by atoms with E-state index < -0.39 is 0 Å². The van der Waals surface area contributed by atoms with E-state index in [1.807, 2.05) is 31.2 Å². The fourth-order valence-electron chi connectivity index (χ4n) is 3.26. The van der Waals surface area contributed by atoms with Crippen molar-refractivity contribution in [1.82, 2.24) is 9.96 Å². The summed E-state index contributed by atoms with van der Waals surface area (Å²) in [6.45, 7) is 4.39. The van der Waals surface area contributed by atoms with Crippen molar-refractivity contribution >= 4 is 17.6 Å². The maximum Gasteiger partial charge on any atom is 0.321 e. The van der Waals surface area contributed by atoms with Crippen LogP contribution in [0.25, 0.3) is 0 Å². The molecule has 0 radical (unpaired) electrons. The van der Waals surface area contributed by atoms with Crippen LogP contribution in [0, 0.1) is 12.8 Å². The number of anilines is 1. The van der Waals surface area contributed by atoms with E-state index in [9.17, 15) is 9.59 Å². The van der Waals surface area contributed by atoms with Crippen LogP contribution in [0.15, 0.2) is 24.3 Å². The average Bonchev–Trinajstić information content (AvgIpc) is 2.62. The first kappa shape index (κ1) is 16.8. The molecule has 0 spiro atoms. The molecule has 1 aromatic rings. The summed E-state index contributed by atoms with van der Waals surface area (Å²) < 4.78 is 0. The Kier molecular flexibility index (Phi) is 5.35. The van der Waals surface area contributed by atoms with E-state index in [0.717, 1.165) is 36.9 Å². The summed E-state index contributed by atoms with van der Waals surface area (Å²) >= 11 is 0. The van der Waals surface area contributed by atoms with Gasteiger partial charge in [0.2, 0.25) is 0 Å². The van der Waals surface area contributed by atoms with Gasteiger partial charge in [0, 0.05) is 25.3 Å². The fourth-order valence-corrected chi connectivity index (χ4v) is 3.26. The van der Waals surface area contributed by atoms with Gasteiger partial charge in [-0.05, 0) is 50.3 Å². The van der Waals surface area contributed by atoms with Gasteiger partial charge >= 0.3 is 6.03 Å². The highest BCUT2D eigenvalue weighted by Gasteiger charge is 2.32. The van der Waals surface area contributed by atoms with Gasteiger partial charge in [0.15, 0.2) is 0 Å². The predicted molar refractivity (Wildman–Crippen MR) is 91.4 cm³/mol. The molecule has 2 heterocycles. The molecule has 2 fully saturated rings. The quantitative estimate of drug-likeness (QED) is 0.906. The number of carbonyl (C=O) groups is 2.